The van der Waals surface area contributed by atoms with Crippen molar-refractivity contribution in [3.05, 3.63) is 35.9 Å². The third-order valence-corrected chi connectivity index (χ3v) is 6.26. The highest BCUT2D eigenvalue weighted by Crippen LogP contribution is 2.33. The lowest BCUT2D eigenvalue weighted by Gasteiger charge is -2.27. The number of rotatable bonds is 7. The van der Waals surface area contributed by atoms with Crippen LogP contribution in [0.4, 0.5) is 5.95 Å². The molecule has 8 heteroatoms. The second-order valence-corrected chi connectivity index (χ2v) is 9.10. The lowest BCUT2D eigenvalue weighted by atomic mass is 9.91. The van der Waals surface area contributed by atoms with Crippen LogP contribution in [0, 0.1) is 5.92 Å². The molecule has 0 aromatic carbocycles. The highest BCUT2D eigenvalue weighted by atomic mass is 16.2. The molecule has 2 atom stereocenters. The van der Waals surface area contributed by atoms with Crippen LogP contribution in [0.25, 0.3) is 0 Å². The number of piperidine rings is 1. The molecule has 2 fully saturated rings. The van der Waals surface area contributed by atoms with Crippen molar-refractivity contribution >= 4 is 11.9 Å². The number of aryl methyl sites for hydroxylation is 1. The molecule has 1 N–H and O–H groups in total. The summed E-state index contributed by atoms with van der Waals surface area (Å²) >= 11 is 0. The van der Waals surface area contributed by atoms with E-state index in [1.807, 2.05) is 37.0 Å². The SMILES string of the molecule is CCn1cc(CN2C[C@@H](C(=O)NC(C)C)[C@H](c3ccnc(N4CCCCC4)n3)C2)cn1. The molecule has 4 rings (SSSR count). The number of likely N-dealkylation sites (tertiary alicyclic amines) is 1. The standard InChI is InChI=1S/C23H35N7O/c1-4-30-14-18(12-25-30)13-28-15-19(20(16-28)22(31)26-17(2)3)21-8-9-24-23(27-21)29-10-6-5-7-11-29/h8-9,12,14,17,19-20H,4-7,10-11,13,15-16H2,1-3H3,(H,26,31)/t19-,20-/m1/s1. The Morgan fingerprint density at radius 3 is 2.74 bits per heavy atom. The molecule has 0 radical (unpaired) electrons. The zero-order valence-corrected chi connectivity index (χ0v) is 19.0. The van der Waals surface area contributed by atoms with Crippen LogP contribution in [0.5, 0.6) is 0 Å². The molecule has 2 aliphatic heterocycles. The van der Waals surface area contributed by atoms with Gasteiger partial charge in [-0.2, -0.15) is 5.10 Å². The summed E-state index contributed by atoms with van der Waals surface area (Å²) in [5.74, 6) is 0.868. The van der Waals surface area contributed by atoms with E-state index in [0.717, 1.165) is 50.9 Å². The number of anilines is 1. The summed E-state index contributed by atoms with van der Waals surface area (Å²) < 4.78 is 1.95. The first kappa shape index (κ1) is 21.7. The Balaban J connectivity index is 1.54. The Hall–Kier alpha value is -2.48. The van der Waals surface area contributed by atoms with E-state index in [2.05, 4.69) is 38.3 Å². The van der Waals surface area contributed by atoms with Crippen molar-refractivity contribution < 1.29 is 4.79 Å². The molecule has 0 unspecified atom stereocenters. The Kier molecular flexibility index (Phi) is 6.85. The summed E-state index contributed by atoms with van der Waals surface area (Å²) in [6.45, 7) is 11.3. The summed E-state index contributed by atoms with van der Waals surface area (Å²) in [5.41, 5.74) is 2.16. The van der Waals surface area contributed by atoms with E-state index >= 15 is 0 Å². The van der Waals surface area contributed by atoms with Crippen molar-refractivity contribution in [1.29, 1.82) is 0 Å². The lowest BCUT2D eigenvalue weighted by Crippen LogP contribution is -2.38. The van der Waals surface area contributed by atoms with Crippen LogP contribution >= 0.6 is 0 Å². The van der Waals surface area contributed by atoms with Gasteiger partial charge in [0.15, 0.2) is 0 Å². The summed E-state index contributed by atoms with van der Waals surface area (Å²) in [6, 6.07) is 2.12. The van der Waals surface area contributed by atoms with Crippen LogP contribution in [0.3, 0.4) is 0 Å². The minimum atomic E-state index is -0.118. The van der Waals surface area contributed by atoms with Crippen molar-refractivity contribution in [1.82, 2.24) is 30.0 Å². The first-order chi connectivity index (χ1) is 15.0. The fraction of sp³-hybridized carbons (Fsp3) is 0.652. The number of aromatic nitrogens is 4. The molecule has 4 heterocycles. The maximum absolute atomic E-state index is 13.1. The van der Waals surface area contributed by atoms with E-state index in [0.29, 0.717) is 0 Å². The number of carbonyl (C=O) groups is 1. The zero-order chi connectivity index (χ0) is 21.8. The van der Waals surface area contributed by atoms with Crippen LogP contribution in [-0.4, -0.2) is 62.8 Å². The molecule has 0 spiro atoms. The summed E-state index contributed by atoms with van der Waals surface area (Å²) in [5, 5.41) is 7.52. The van der Waals surface area contributed by atoms with Gasteiger partial charge in [-0.05, 0) is 46.1 Å². The second-order valence-electron chi connectivity index (χ2n) is 9.10. The molecule has 8 nitrogen and oxygen atoms in total. The van der Waals surface area contributed by atoms with Crippen molar-refractivity contribution in [3.63, 3.8) is 0 Å². The van der Waals surface area contributed by atoms with Gasteiger partial charge in [-0.15, -0.1) is 0 Å². The molecular weight excluding hydrogens is 390 g/mol. The summed E-state index contributed by atoms with van der Waals surface area (Å²) in [4.78, 5) is 27.2. The minimum Gasteiger partial charge on any atom is -0.354 e. The first-order valence-corrected chi connectivity index (χ1v) is 11.7. The molecule has 2 aromatic rings. The number of nitrogens with one attached hydrogen (secondary N) is 1. The number of hydrogen-bond donors (Lipinski definition) is 1. The van der Waals surface area contributed by atoms with Crippen LogP contribution in [0.1, 0.15) is 57.2 Å². The van der Waals surface area contributed by atoms with Gasteiger partial charge in [0.1, 0.15) is 0 Å². The van der Waals surface area contributed by atoms with Gasteiger partial charge in [0, 0.05) is 69.2 Å². The third kappa shape index (κ3) is 5.23. The monoisotopic (exact) mass is 425 g/mol. The number of nitrogens with zero attached hydrogens (tertiary/aromatic N) is 6. The summed E-state index contributed by atoms with van der Waals surface area (Å²) in [7, 11) is 0. The molecule has 0 aliphatic carbocycles. The second kappa shape index (κ2) is 9.77. The van der Waals surface area contributed by atoms with Gasteiger partial charge in [0.2, 0.25) is 11.9 Å². The van der Waals surface area contributed by atoms with Crippen molar-refractivity contribution in [3.8, 4) is 0 Å². The average molecular weight is 426 g/mol. The predicted molar refractivity (Wildman–Crippen MR) is 121 cm³/mol. The van der Waals surface area contributed by atoms with Gasteiger partial charge >= 0.3 is 0 Å². The molecule has 2 aliphatic rings. The van der Waals surface area contributed by atoms with E-state index in [-0.39, 0.29) is 23.8 Å². The Morgan fingerprint density at radius 1 is 1.23 bits per heavy atom. The Labute approximate surface area is 185 Å². The fourth-order valence-electron chi connectivity index (χ4n) is 4.71. The molecular formula is C23H35N7O. The van der Waals surface area contributed by atoms with Crippen molar-refractivity contribution in [2.45, 2.75) is 65.1 Å². The van der Waals surface area contributed by atoms with E-state index in [1.54, 1.807) is 0 Å². The highest BCUT2D eigenvalue weighted by Gasteiger charge is 2.39. The summed E-state index contributed by atoms with van der Waals surface area (Å²) in [6.07, 6.45) is 9.54. The average Bonchev–Trinajstić information content (AvgIpc) is 3.41. The van der Waals surface area contributed by atoms with E-state index in [1.165, 1.54) is 24.8 Å². The maximum Gasteiger partial charge on any atom is 0.225 e. The predicted octanol–water partition coefficient (Wildman–Crippen LogP) is 2.42. The van der Waals surface area contributed by atoms with Crippen LogP contribution in [0.2, 0.25) is 0 Å². The van der Waals surface area contributed by atoms with Gasteiger partial charge in [-0.25, -0.2) is 9.97 Å². The number of amides is 1. The largest absolute Gasteiger partial charge is 0.354 e. The quantitative estimate of drug-likeness (QED) is 0.734. The Morgan fingerprint density at radius 2 is 2.03 bits per heavy atom. The van der Waals surface area contributed by atoms with Crippen LogP contribution in [-0.2, 0) is 17.9 Å². The van der Waals surface area contributed by atoms with Crippen LogP contribution in [0.15, 0.2) is 24.7 Å². The van der Waals surface area contributed by atoms with Gasteiger partial charge in [0.25, 0.3) is 0 Å². The fourth-order valence-corrected chi connectivity index (χ4v) is 4.71. The molecule has 0 bridgehead atoms. The first-order valence-electron chi connectivity index (χ1n) is 11.7. The third-order valence-electron chi connectivity index (χ3n) is 6.26. The Bertz CT molecular complexity index is 874. The van der Waals surface area contributed by atoms with E-state index < -0.39 is 0 Å². The van der Waals surface area contributed by atoms with Gasteiger partial charge in [-0.3, -0.25) is 14.4 Å². The normalized spacial score (nSPS) is 22.3. The van der Waals surface area contributed by atoms with E-state index in [9.17, 15) is 4.79 Å². The molecule has 2 saturated heterocycles. The number of carbonyl (C=O) groups excluding carboxylic acids is 1. The number of hydrogen-bond acceptors (Lipinski definition) is 6. The van der Waals surface area contributed by atoms with Gasteiger partial charge < -0.3 is 10.2 Å². The van der Waals surface area contributed by atoms with Crippen molar-refractivity contribution in [2.24, 2.45) is 5.92 Å². The molecule has 168 valence electrons. The smallest absolute Gasteiger partial charge is 0.225 e. The molecule has 1 amide bonds. The van der Waals surface area contributed by atoms with Gasteiger partial charge in [0.05, 0.1) is 17.8 Å². The molecule has 2 aromatic heterocycles. The minimum absolute atomic E-state index is 0.0616. The van der Waals surface area contributed by atoms with Gasteiger partial charge in [-0.1, -0.05) is 0 Å². The topological polar surface area (TPSA) is 79.2 Å². The zero-order valence-electron chi connectivity index (χ0n) is 19.0. The maximum atomic E-state index is 13.1. The van der Waals surface area contributed by atoms with Crippen LogP contribution < -0.4 is 10.2 Å². The highest BCUT2D eigenvalue weighted by molar-refractivity contribution is 5.80. The molecule has 31 heavy (non-hydrogen) atoms. The molecule has 0 saturated carbocycles. The van der Waals surface area contributed by atoms with Crippen molar-refractivity contribution in [2.75, 3.05) is 31.1 Å². The lowest BCUT2D eigenvalue weighted by molar-refractivity contribution is -0.125. The van der Waals surface area contributed by atoms with E-state index in [4.69, 9.17) is 4.98 Å².